The Morgan fingerprint density at radius 1 is 1.12 bits per heavy atom. The normalized spacial score (nSPS) is 18.4. The van der Waals surface area contributed by atoms with Gasteiger partial charge in [0.15, 0.2) is 0 Å². The summed E-state index contributed by atoms with van der Waals surface area (Å²) in [5.74, 6) is 0. The molecule has 0 saturated heterocycles. The van der Waals surface area contributed by atoms with Crippen molar-refractivity contribution in [1.82, 2.24) is 10.3 Å². The second-order valence-electron chi connectivity index (χ2n) is 4.16. The minimum Gasteiger partial charge on any atom is -0.305 e. The Labute approximate surface area is 95.3 Å². The van der Waals surface area contributed by atoms with Crippen LogP contribution in [0.3, 0.4) is 0 Å². The lowest BCUT2D eigenvalue weighted by Crippen LogP contribution is -2.15. The average Bonchev–Trinajstić information content (AvgIpc) is 2.74. The van der Waals surface area contributed by atoms with Crippen LogP contribution in [0.15, 0.2) is 48.7 Å². The van der Waals surface area contributed by atoms with Gasteiger partial charge in [-0.05, 0) is 23.3 Å². The highest BCUT2D eigenvalue weighted by molar-refractivity contribution is 5.34. The number of aromatic nitrogens is 1. The Kier molecular flexibility index (Phi) is 2.43. The largest absolute Gasteiger partial charge is 0.305 e. The SMILES string of the molecule is c1ccc(CC2NCc3ccccc32)nc1. The lowest BCUT2D eigenvalue weighted by molar-refractivity contribution is 0.574. The first-order valence-corrected chi connectivity index (χ1v) is 5.64. The van der Waals surface area contributed by atoms with Gasteiger partial charge in [-0.2, -0.15) is 0 Å². The molecule has 0 bridgehead atoms. The Morgan fingerprint density at radius 3 is 2.88 bits per heavy atom. The molecule has 0 saturated carbocycles. The molecule has 1 atom stereocenters. The summed E-state index contributed by atoms with van der Waals surface area (Å²) in [7, 11) is 0. The Balaban J connectivity index is 1.84. The highest BCUT2D eigenvalue weighted by Crippen LogP contribution is 2.27. The van der Waals surface area contributed by atoms with Crippen molar-refractivity contribution in [2.24, 2.45) is 0 Å². The van der Waals surface area contributed by atoms with Gasteiger partial charge in [0.2, 0.25) is 0 Å². The molecule has 3 rings (SSSR count). The molecule has 1 unspecified atom stereocenters. The van der Waals surface area contributed by atoms with E-state index in [9.17, 15) is 0 Å². The van der Waals surface area contributed by atoms with Gasteiger partial charge >= 0.3 is 0 Å². The van der Waals surface area contributed by atoms with Crippen LogP contribution in [0.2, 0.25) is 0 Å². The van der Waals surface area contributed by atoms with Crippen LogP contribution in [-0.2, 0) is 13.0 Å². The lowest BCUT2D eigenvalue weighted by Gasteiger charge is -2.11. The van der Waals surface area contributed by atoms with Crippen molar-refractivity contribution < 1.29 is 0 Å². The third-order valence-corrected chi connectivity index (χ3v) is 3.11. The fraction of sp³-hybridized carbons (Fsp3) is 0.214. The Bertz CT molecular complexity index is 479. The van der Waals surface area contributed by atoms with E-state index in [4.69, 9.17) is 0 Å². The van der Waals surface area contributed by atoms with E-state index in [1.54, 1.807) is 0 Å². The molecule has 2 nitrogen and oxygen atoms in total. The second kappa shape index (κ2) is 4.06. The van der Waals surface area contributed by atoms with Crippen LogP contribution in [0, 0.1) is 0 Å². The maximum absolute atomic E-state index is 4.38. The first-order valence-electron chi connectivity index (χ1n) is 5.64. The van der Waals surface area contributed by atoms with Crippen LogP contribution in [-0.4, -0.2) is 4.98 Å². The molecule has 16 heavy (non-hydrogen) atoms. The number of fused-ring (bicyclic) bond motifs is 1. The molecule has 0 radical (unpaired) electrons. The first kappa shape index (κ1) is 9.55. The zero-order valence-corrected chi connectivity index (χ0v) is 9.06. The molecule has 0 aliphatic carbocycles. The number of rotatable bonds is 2. The van der Waals surface area contributed by atoms with Crippen molar-refractivity contribution in [3.05, 3.63) is 65.5 Å². The van der Waals surface area contributed by atoms with Crippen molar-refractivity contribution in [2.45, 2.75) is 19.0 Å². The van der Waals surface area contributed by atoms with Gasteiger partial charge in [0.25, 0.3) is 0 Å². The standard InChI is InChI=1S/C14H14N2/c1-2-7-13-11(5-1)10-16-14(13)9-12-6-3-4-8-15-12/h1-8,14,16H,9-10H2. The number of nitrogens with zero attached hydrogens (tertiary/aromatic N) is 1. The van der Waals surface area contributed by atoms with E-state index in [-0.39, 0.29) is 0 Å². The lowest BCUT2D eigenvalue weighted by atomic mass is 10.0. The molecule has 2 heteroatoms. The number of hydrogen-bond acceptors (Lipinski definition) is 2. The highest BCUT2D eigenvalue weighted by Gasteiger charge is 2.21. The van der Waals surface area contributed by atoms with E-state index in [0.29, 0.717) is 6.04 Å². The van der Waals surface area contributed by atoms with E-state index < -0.39 is 0 Å². The molecule has 0 fully saturated rings. The van der Waals surface area contributed by atoms with Gasteiger partial charge in [0.1, 0.15) is 0 Å². The fourth-order valence-corrected chi connectivity index (χ4v) is 2.29. The number of hydrogen-bond donors (Lipinski definition) is 1. The van der Waals surface area contributed by atoms with Crippen molar-refractivity contribution in [3.8, 4) is 0 Å². The van der Waals surface area contributed by atoms with Crippen molar-refractivity contribution in [3.63, 3.8) is 0 Å². The summed E-state index contributed by atoms with van der Waals surface area (Å²) >= 11 is 0. The van der Waals surface area contributed by atoms with E-state index in [1.165, 1.54) is 11.1 Å². The van der Waals surface area contributed by atoms with E-state index in [0.717, 1.165) is 18.7 Å². The molecule has 80 valence electrons. The van der Waals surface area contributed by atoms with Gasteiger partial charge < -0.3 is 5.32 Å². The molecule has 0 amide bonds. The van der Waals surface area contributed by atoms with Crippen LogP contribution >= 0.6 is 0 Å². The number of benzene rings is 1. The third-order valence-electron chi connectivity index (χ3n) is 3.11. The number of pyridine rings is 1. The van der Waals surface area contributed by atoms with E-state index >= 15 is 0 Å². The summed E-state index contributed by atoms with van der Waals surface area (Å²) in [6.45, 7) is 0.980. The third kappa shape index (κ3) is 1.72. The zero-order chi connectivity index (χ0) is 10.8. The van der Waals surface area contributed by atoms with Crippen molar-refractivity contribution >= 4 is 0 Å². The van der Waals surface area contributed by atoms with E-state index in [2.05, 4.69) is 40.6 Å². The average molecular weight is 210 g/mol. The molecular formula is C14H14N2. The minimum absolute atomic E-state index is 0.422. The molecule has 1 aromatic heterocycles. The molecule has 0 spiro atoms. The summed E-state index contributed by atoms with van der Waals surface area (Å²) in [6.07, 6.45) is 2.83. The van der Waals surface area contributed by atoms with Gasteiger partial charge in [-0.3, -0.25) is 4.98 Å². The highest BCUT2D eigenvalue weighted by atomic mass is 14.9. The smallest absolute Gasteiger partial charge is 0.0422 e. The molecule has 2 heterocycles. The summed E-state index contributed by atoms with van der Waals surface area (Å²) in [5.41, 5.74) is 3.99. The topological polar surface area (TPSA) is 24.9 Å². The maximum atomic E-state index is 4.38. The predicted molar refractivity (Wildman–Crippen MR) is 64.0 cm³/mol. The summed E-state index contributed by atoms with van der Waals surface area (Å²) < 4.78 is 0. The molecular weight excluding hydrogens is 196 g/mol. The Morgan fingerprint density at radius 2 is 2.00 bits per heavy atom. The Hall–Kier alpha value is -1.67. The first-order chi connectivity index (χ1) is 7.93. The molecule has 1 aliphatic heterocycles. The molecule has 1 N–H and O–H groups in total. The second-order valence-corrected chi connectivity index (χ2v) is 4.16. The molecule has 2 aromatic rings. The summed E-state index contributed by atoms with van der Waals surface area (Å²) in [6, 6.07) is 15.1. The fourth-order valence-electron chi connectivity index (χ4n) is 2.29. The molecule has 1 aliphatic rings. The van der Waals surface area contributed by atoms with Gasteiger partial charge in [0, 0.05) is 30.9 Å². The predicted octanol–water partition coefficient (Wildman–Crippen LogP) is 2.47. The van der Waals surface area contributed by atoms with Crippen LogP contribution in [0.25, 0.3) is 0 Å². The van der Waals surface area contributed by atoms with Crippen molar-refractivity contribution in [2.75, 3.05) is 0 Å². The van der Waals surface area contributed by atoms with Gasteiger partial charge in [-0.1, -0.05) is 30.3 Å². The van der Waals surface area contributed by atoms with Crippen LogP contribution in [0.1, 0.15) is 22.9 Å². The van der Waals surface area contributed by atoms with Gasteiger partial charge in [-0.25, -0.2) is 0 Å². The quantitative estimate of drug-likeness (QED) is 0.823. The van der Waals surface area contributed by atoms with Crippen LogP contribution in [0.4, 0.5) is 0 Å². The van der Waals surface area contributed by atoms with Gasteiger partial charge in [-0.15, -0.1) is 0 Å². The zero-order valence-electron chi connectivity index (χ0n) is 9.06. The molecule has 1 aromatic carbocycles. The van der Waals surface area contributed by atoms with Gasteiger partial charge in [0.05, 0.1) is 0 Å². The number of nitrogens with one attached hydrogen (secondary N) is 1. The minimum atomic E-state index is 0.422. The summed E-state index contributed by atoms with van der Waals surface area (Å²) in [5, 5.41) is 3.53. The van der Waals surface area contributed by atoms with Crippen LogP contribution < -0.4 is 5.32 Å². The summed E-state index contributed by atoms with van der Waals surface area (Å²) in [4.78, 5) is 4.38. The van der Waals surface area contributed by atoms with E-state index in [1.807, 2.05) is 18.3 Å². The van der Waals surface area contributed by atoms with Crippen LogP contribution in [0.5, 0.6) is 0 Å². The monoisotopic (exact) mass is 210 g/mol. The van der Waals surface area contributed by atoms with Crippen molar-refractivity contribution in [1.29, 1.82) is 0 Å². The maximum Gasteiger partial charge on any atom is 0.0422 e.